The summed E-state index contributed by atoms with van der Waals surface area (Å²) in [6.45, 7) is 14.9. The smallest absolute Gasteiger partial charge is 0.126 e. The SMILES string of the molecule is CC(C)(C)C(C)(C)C(C)(C)C=O. The molecule has 0 heterocycles. The van der Waals surface area contributed by atoms with Gasteiger partial charge in [0.25, 0.3) is 0 Å². The van der Waals surface area contributed by atoms with Gasteiger partial charge < -0.3 is 4.79 Å². The highest BCUT2D eigenvalue weighted by Crippen LogP contribution is 2.49. The van der Waals surface area contributed by atoms with Crippen molar-refractivity contribution in [1.29, 1.82) is 0 Å². The molecule has 1 nitrogen and oxygen atoms in total. The molecule has 12 heavy (non-hydrogen) atoms. The van der Waals surface area contributed by atoms with Gasteiger partial charge in [0.05, 0.1) is 0 Å². The highest BCUT2D eigenvalue weighted by atomic mass is 16.1. The van der Waals surface area contributed by atoms with Crippen molar-refractivity contribution in [3.8, 4) is 0 Å². The van der Waals surface area contributed by atoms with Crippen LogP contribution in [0.1, 0.15) is 48.5 Å². The molecule has 0 bridgehead atoms. The van der Waals surface area contributed by atoms with Gasteiger partial charge in [-0.1, -0.05) is 48.5 Å². The lowest BCUT2D eigenvalue weighted by atomic mass is 9.56. The second kappa shape index (κ2) is 2.86. The summed E-state index contributed by atoms with van der Waals surface area (Å²) < 4.78 is 0. The molecule has 0 atom stereocenters. The summed E-state index contributed by atoms with van der Waals surface area (Å²) >= 11 is 0. The van der Waals surface area contributed by atoms with Crippen molar-refractivity contribution in [2.75, 3.05) is 0 Å². The topological polar surface area (TPSA) is 17.1 Å². The van der Waals surface area contributed by atoms with Crippen molar-refractivity contribution in [2.45, 2.75) is 48.5 Å². The lowest BCUT2D eigenvalue weighted by molar-refractivity contribution is -0.125. The molecule has 0 rings (SSSR count). The average molecular weight is 170 g/mol. The van der Waals surface area contributed by atoms with Crippen molar-refractivity contribution < 1.29 is 4.79 Å². The van der Waals surface area contributed by atoms with E-state index in [2.05, 4.69) is 34.6 Å². The molecule has 0 aromatic carbocycles. The van der Waals surface area contributed by atoms with Crippen LogP contribution in [0.2, 0.25) is 0 Å². The van der Waals surface area contributed by atoms with Gasteiger partial charge in [0.1, 0.15) is 6.29 Å². The number of hydrogen-bond donors (Lipinski definition) is 0. The first-order chi connectivity index (χ1) is 5.06. The zero-order valence-corrected chi connectivity index (χ0v) is 9.49. The molecule has 0 amide bonds. The van der Waals surface area contributed by atoms with Gasteiger partial charge in [-0.25, -0.2) is 0 Å². The van der Waals surface area contributed by atoms with E-state index in [4.69, 9.17) is 0 Å². The van der Waals surface area contributed by atoms with Crippen LogP contribution in [0.4, 0.5) is 0 Å². The van der Waals surface area contributed by atoms with Crippen molar-refractivity contribution in [3.63, 3.8) is 0 Å². The maximum Gasteiger partial charge on any atom is 0.126 e. The van der Waals surface area contributed by atoms with Crippen LogP contribution < -0.4 is 0 Å². The van der Waals surface area contributed by atoms with Crippen LogP contribution in [0.15, 0.2) is 0 Å². The van der Waals surface area contributed by atoms with E-state index in [1.165, 1.54) is 0 Å². The number of carbonyl (C=O) groups excluding carboxylic acids is 1. The van der Waals surface area contributed by atoms with E-state index in [0.29, 0.717) is 0 Å². The fourth-order valence-electron chi connectivity index (χ4n) is 1.11. The van der Waals surface area contributed by atoms with E-state index in [-0.39, 0.29) is 16.2 Å². The molecule has 1 heteroatoms. The first-order valence-electron chi connectivity index (χ1n) is 4.52. The summed E-state index contributed by atoms with van der Waals surface area (Å²) in [7, 11) is 0. The van der Waals surface area contributed by atoms with Crippen LogP contribution in [0, 0.1) is 16.2 Å². The minimum Gasteiger partial charge on any atom is -0.303 e. The van der Waals surface area contributed by atoms with Gasteiger partial charge in [-0.15, -0.1) is 0 Å². The molecule has 0 N–H and O–H groups in total. The third kappa shape index (κ3) is 1.70. The van der Waals surface area contributed by atoms with Crippen molar-refractivity contribution in [3.05, 3.63) is 0 Å². The highest BCUT2D eigenvalue weighted by molar-refractivity contribution is 5.59. The second-order valence-corrected chi connectivity index (χ2v) is 5.71. The number of hydrogen-bond acceptors (Lipinski definition) is 1. The van der Waals surface area contributed by atoms with E-state index in [9.17, 15) is 4.79 Å². The summed E-state index contributed by atoms with van der Waals surface area (Å²) in [5, 5.41) is 0. The van der Waals surface area contributed by atoms with E-state index in [1.54, 1.807) is 0 Å². The zero-order chi connectivity index (χ0) is 10.2. The number of aldehydes is 1. The molecule has 0 aromatic heterocycles. The summed E-state index contributed by atoms with van der Waals surface area (Å²) in [6.07, 6.45) is 1.07. The minimum atomic E-state index is -0.259. The summed E-state index contributed by atoms with van der Waals surface area (Å²) in [5.41, 5.74) is -0.0928. The summed E-state index contributed by atoms with van der Waals surface area (Å²) in [6, 6.07) is 0. The van der Waals surface area contributed by atoms with Crippen LogP contribution in [-0.2, 0) is 4.79 Å². The normalized spacial score (nSPS) is 14.6. The van der Waals surface area contributed by atoms with Crippen LogP contribution in [0.5, 0.6) is 0 Å². The zero-order valence-electron chi connectivity index (χ0n) is 9.49. The van der Waals surface area contributed by atoms with Crippen LogP contribution in [-0.4, -0.2) is 6.29 Å². The standard InChI is InChI=1S/C11H22O/c1-9(2,3)11(6,7)10(4,5)8-12/h8H,1-7H3. The molecule has 0 unspecified atom stereocenters. The molecular formula is C11H22O. The Morgan fingerprint density at radius 2 is 1.17 bits per heavy atom. The molecule has 0 aromatic rings. The molecule has 0 saturated carbocycles. The van der Waals surface area contributed by atoms with E-state index < -0.39 is 0 Å². The second-order valence-electron chi connectivity index (χ2n) is 5.71. The molecule has 0 aliphatic rings. The highest BCUT2D eigenvalue weighted by Gasteiger charge is 2.45. The van der Waals surface area contributed by atoms with Crippen LogP contribution >= 0.6 is 0 Å². The fourth-order valence-corrected chi connectivity index (χ4v) is 1.11. The fraction of sp³-hybridized carbons (Fsp3) is 0.909. The molecule has 0 aliphatic heterocycles. The number of carbonyl (C=O) groups is 1. The molecule has 72 valence electrons. The quantitative estimate of drug-likeness (QED) is 0.581. The van der Waals surface area contributed by atoms with E-state index >= 15 is 0 Å². The summed E-state index contributed by atoms with van der Waals surface area (Å²) in [5.74, 6) is 0. The average Bonchev–Trinajstić information content (AvgIpc) is 1.85. The minimum absolute atomic E-state index is 0.0156. The lowest BCUT2D eigenvalue weighted by Gasteiger charge is -2.47. The largest absolute Gasteiger partial charge is 0.303 e. The Morgan fingerprint density at radius 1 is 0.833 bits per heavy atom. The Labute approximate surface area is 76.6 Å². The van der Waals surface area contributed by atoms with Gasteiger partial charge in [-0.3, -0.25) is 0 Å². The Balaban J connectivity index is 4.97. The molecule has 0 radical (unpaired) electrons. The van der Waals surface area contributed by atoms with Gasteiger partial charge in [-0.05, 0) is 10.8 Å². The third-order valence-corrected chi connectivity index (χ3v) is 3.78. The predicted molar refractivity (Wildman–Crippen MR) is 53.1 cm³/mol. The van der Waals surface area contributed by atoms with Crippen LogP contribution in [0.3, 0.4) is 0 Å². The molecule has 0 aliphatic carbocycles. The number of rotatable bonds is 2. The predicted octanol–water partition coefficient (Wildman–Crippen LogP) is 3.28. The first-order valence-corrected chi connectivity index (χ1v) is 4.52. The Hall–Kier alpha value is -0.330. The van der Waals surface area contributed by atoms with Gasteiger partial charge >= 0.3 is 0 Å². The lowest BCUT2D eigenvalue weighted by Crippen LogP contribution is -2.43. The maximum atomic E-state index is 10.9. The van der Waals surface area contributed by atoms with E-state index in [0.717, 1.165) is 6.29 Å². The Bertz CT molecular complexity index is 170. The first kappa shape index (κ1) is 11.7. The van der Waals surface area contributed by atoms with Crippen LogP contribution in [0.25, 0.3) is 0 Å². The molecule has 0 saturated heterocycles. The monoisotopic (exact) mass is 170 g/mol. The van der Waals surface area contributed by atoms with Gasteiger partial charge in [-0.2, -0.15) is 0 Å². The maximum absolute atomic E-state index is 10.9. The molecule has 0 spiro atoms. The molecular weight excluding hydrogens is 148 g/mol. The van der Waals surface area contributed by atoms with Crippen molar-refractivity contribution in [2.24, 2.45) is 16.2 Å². The van der Waals surface area contributed by atoms with Gasteiger partial charge in [0.2, 0.25) is 0 Å². The Morgan fingerprint density at radius 3 is 1.25 bits per heavy atom. The summed E-state index contributed by atoms with van der Waals surface area (Å²) in [4.78, 5) is 10.9. The van der Waals surface area contributed by atoms with Gasteiger partial charge in [0.15, 0.2) is 0 Å². The third-order valence-electron chi connectivity index (χ3n) is 3.78. The van der Waals surface area contributed by atoms with Crippen molar-refractivity contribution in [1.82, 2.24) is 0 Å². The molecule has 0 fully saturated rings. The van der Waals surface area contributed by atoms with Crippen molar-refractivity contribution >= 4 is 6.29 Å². The van der Waals surface area contributed by atoms with E-state index in [1.807, 2.05) is 13.8 Å². The Kier molecular flexibility index (Phi) is 2.78. The van der Waals surface area contributed by atoms with Gasteiger partial charge in [0, 0.05) is 5.41 Å².